The number of hydrogen-bond acceptors (Lipinski definition) is 6. The molecule has 1 aliphatic heterocycles. The first-order valence-corrected chi connectivity index (χ1v) is 14.2. The van der Waals surface area contributed by atoms with Gasteiger partial charge in [0.05, 0.1) is 22.8 Å². The number of carbonyl (C=O) groups excluding carboxylic acids is 2. The topological polar surface area (TPSA) is 106 Å². The molecule has 1 N–H and O–H groups in total. The molecule has 2 aliphatic rings. The molecule has 1 saturated heterocycles. The number of aromatic amines is 1. The number of nitrogens with one attached hydrogen (secondary N) is 1. The highest BCUT2D eigenvalue weighted by Gasteiger charge is 2.54. The molecule has 212 valence electrons. The molecule has 4 heterocycles. The standard InChI is InChI=1S/C31H33ClN6O3/c1-5-26(40)37-16-31(17-37)12-21(13-31)38-19(3)27(28-22-15-34-35-24(22)11-18(2)29(28)32)30(36-38)20-8-9-23(33-14-20)25(39)7-6-10-41-4/h5,8-9,11,14-15,21H,1,6-7,10,12-13,16-17H2,2-4H3,(H,34,35). The lowest BCUT2D eigenvalue weighted by molar-refractivity contribution is -0.149. The minimum Gasteiger partial charge on any atom is -0.385 e. The molecule has 3 aromatic heterocycles. The van der Waals surface area contributed by atoms with Crippen molar-refractivity contribution in [1.82, 2.24) is 29.9 Å². The van der Waals surface area contributed by atoms with Gasteiger partial charge >= 0.3 is 0 Å². The smallest absolute Gasteiger partial charge is 0.245 e. The number of aromatic nitrogens is 5. The summed E-state index contributed by atoms with van der Waals surface area (Å²) in [5.41, 5.74) is 6.82. The molecule has 6 rings (SSSR count). The van der Waals surface area contributed by atoms with Crippen molar-refractivity contribution >= 4 is 34.2 Å². The number of H-pyrrole nitrogens is 1. The summed E-state index contributed by atoms with van der Waals surface area (Å²) in [6, 6.07) is 5.89. The minimum atomic E-state index is -0.0124. The molecular formula is C31H33ClN6O3. The van der Waals surface area contributed by atoms with Crippen LogP contribution in [0.15, 0.2) is 43.2 Å². The molecule has 41 heavy (non-hydrogen) atoms. The van der Waals surface area contributed by atoms with Gasteiger partial charge in [-0.25, -0.2) is 0 Å². The normalized spacial score (nSPS) is 16.1. The number of carbonyl (C=O) groups is 2. The van der Waals surface area contributed by atoms with Crippen LogP contribution in [0.3, 0.4) is 0 Å². The molecule has 10 heteroatoms. The summed E-state index contributed by atoms with van der Waals surface area (Å²) in [4.78, 5) is 31.0. The summed E-state index contributed by atoms with van der Waals surface area (Å²) >= 11 is 7.00. The Balaban J connectivity index is 1.38. The van der Waals surface area contributed by atoms with Crippen molar-refractivity contribution in [3.05, 3.63) is 65.2 Å². The van der Waals surface area contributed by atoms with Gasteiger partial charge in [-0.1, -0.05) is 18.2 Å². The Morgan fingerprint density at radius 1 is 1.22 bits per heavy atom. The number of halogens is 1. The fourth-order valence-corrected chi connectivity index (χ4v) is 6.69. The first-order valence-electron chi connectivity index (χ1n) is 13.9. The summed E-state index contributed by atoms with van der Waals surface area (Å²) in [7, 11) is 1.63. The van der Waals surface area contributed by atoms with Crippen molar-refractivity contribution in [2.75, 3.05) is 26.8 Å². The van der Waals surface area contributed by atoms with E-state index in [2.05, 4.69) is 33.4 Å². The van der Waals surface area contributed by atoms with E-state index in [1.54, 1.807) is 25.6 Å². The zero-order chi connectivity index (χ0) is 28.9. The first kappa shape index (κ1) is 27.4. The van der Waals surface area contributed by atoms with Crippen molar-refractivity contribution in [2.24, 2.45) is 5.41 Å². The number of nitrogens with zero attached hydrogens (tertiary/aromatic N) is 5. The van der Waals surface area contributed by atoms with Crippen molar-refractivity contribution in [1.29, 1.82) is 0 Å². The summed E-state index contributed by atoms with van der Waals surface area (Å²) in [6.07, 6.45) is 7.85. The average molecular weight is 573 g/mol. The third kappa shape index (κ3) is 4.67. The Morgan fingerprint density at radius 2 is 2.00 bits per heavy atom. The number of fused-ring (bicyclic) bond motifs is 1. The van der Waals surface area contributed by atoms with Crippen LogP contribution >= 0.6 is 11.6 Å². The van der Waals surface area contributed by atoms with Crippen LogP contribution in [0.25, 0.3) is 33.3 Å². The number of pyridine rings is 1. The van der Waals surface area contributed by atoms with E-state index in [0.717, 1.165) is 70.5 Å². The predicted octanol–water partition coefficient (Wildman–Crippen LogP) is 5.72. The molecule has 2 fully saturated rings. The molecule has 0 unspecified atom stereocenters. The fourth-order valence-electron chi connectivity index (χ4n) is 6.44. The van der Waals surface area contributed by atoms with Crippen molar-refractivity contribution in [2.45, 2.75) is 45.6 Å². The number of ketones is 1. The number of hydrogen-bond donors (Lipinski definition) is 1. The molecule has 1 saturated carbocycles. The Hall–Kier alpha value is -3.82. The highest BCUT2D eigenvalue weighted by atomic mass is 35.5. The van der Waals surface area contributed by atoms with E-state index in [1.807, 2.05) is 24.0 Å². The predicted molar refractivity (Wildman–Crippen MR) is 158 cm³/mol. The van der Waals surface area contributed by atoms with E-state index in [0.29, 0.717) is 30.2 Å². The lowest BCUT2D eigenvalue weighted by Crippen LogP contribution is -2.63. The van der Waals surface area contributed by atoms with Gasteiger partial charge in [-0.05, 0) is 62.9 Å². The van der Waals surface area contributed by atoms with Gasteiger partial charge in [0.1, 0.15) is 11.4 Å². The van der Waals surface area contributed by atoms with Crippen LogP contribution in [0.4, 0.5) is 0 Å². The second kappa shape index (κ2) is 10.5. The highest BCUT2D eigenvalue weighted by molar-refractivity contribution is 6.36. The number of likely N-dealkylation sites (tertiary alicyclic amines) is 1. The van der Waals surface area contributed by atoms with Crippen LogP contribution in [0.5, 0.6) is 0 Å². The van der Waals surface area contributed by atoms with Crippen LogP contribution < -0.4 is 0 Å². The van der Waals surface area contributed by atoms with Crippen molar-refractivity contribution in [3.63, 3.8) is 0 Å². The Bertz CT molecular complexity index is 1660. The van der Waals surface area contributed by atoms with E-state index in [1.165, 1.54) is 6.08 Å². The van der Waals surface area contributed by atoms with Gasteiger partial charge in [0.2, 0.25) is 5.91 Å². The number of methoxy groups -OCH3 is 1. The second-order valence-corrected chi connectivity index (χ2v) is 11.8. The maximum Gasteiger partial charge on any atom is 0.245 e. The molecule has 1 spiro atoms. The van der Waals surface area contributed by atoms with Gasteiger partial charge in [0, 0.05) is 72.6 Å². The first-order chi connectivity index (χ1) is 19.7. The van der Waals surface area contributed by atoms with Gasteiger partial charge in [0.25, 0.3) is 0 Å². The molecule has 0 atom stereocenters. The molecule has 1 aromatic carbocycles. The molecule has 9 nitrogen and oxygen atoms in total. The number of Topliss-reactive ketones (excluding diaryl/α,β-unsaturated/α-hetero) is 1. The van der Waals surface area contributed by atoms with E-state index in [4.69, 9.17) is 21.4 Å². The maximum atomic E-state index is 12.6. The van der Waals surface area contributed by atoms with Crippen molar-refractivity contribution in [3.8, 4) is 22.4 Å². The van der Waals surface area contributed by atoms with Gasteiger partial charge in [0.15, 0.2) is 5.78 Å². The summed E-state index contributed by atoms with van der Waals surface area (Å²) in [6.45, 7) is 9.74. The lowest BCUT2D eigenvalue weighted by Gasteiger charge is -2.58. The largest absolute Gasteiger partial charge is 0.385 e. The lowest BCUT2D eigenvalue weighted by atomic mass is 9.60. The highest BCUT2D eigenvalue weighted by Crippen LogP contribution is 2.55. The fraction of sp³-hybridized carbons (Fsp3) is 0.387. The number of benzene rings is 1. The van der Waals surface area contributed by atoms with E-state index >= 15 is 0 Å². The summed E-state index contributed by atoms with van der Waals surface area (Å²) < 4.78 is 7.19. The molecule has 1 amide bonds. The van der Waals surface area contributed by atoms with Crippen LogP contribution in [0, 0.1) is 19.3 Å². The van der Waals surface area contributed by atoms with Crippen LogP contribution in [-0.4, -0.2) is 68.4 Å². The zero-order valence-corrected chi connectivity index (χ0v) is 24.3. The molecule has 1 aliphatic carbocycles. The summed E-state index contributed by atoms with van der Waals surface area (Å²) in [5, 5.41) is 14.1. The Kier molecular flexibility index (Phi) is 7.03. The van der Waals surface area contributed by atoms with Crippen LogP contribution in [0.2, 0.25) is 5.02 Å². The van der Waals surface area contributed by atoms with E-state index < -0.39 is 0 Å². The molecular weight excluding hydrogens is 540 g/mol. The van der Waals surface area contributed by atoms with Crippen LogP contribution in [-0.2, 0) is 9.53 Å². The molecule has 0 bridgehead atoms. The third-order valence-electron chi connectivity index (χ3n) is 8.56. The summed E-state index contributed by atoms with van der Waals surface area (Å²) in [5.74, 6) is -0.0214. The van der Waals surface area contributed by atoms with Gasteiger partial charge in [-0.15, -0.1) is 0 Å². The molecule has 0 radical (unpaired) electrons. The van der Waals surface area contributed by atoms with E-state index in [9.17, 15) is 9.59 Å². The Morgan fingerprint density at radius 3 is 2.68 bits per heavy atom. The number of aryl methyl sites for hydroxylation is 1. The Labute approximate surface area is 243 Å². The van der Waals surface area contributed by atoms with Crippen molar-refractivity contribution < 1.29 is 14.3 Å². The second-order valence-electron chi connectivity index (χ2n) is 11.4. The monoisotopic (exact) mass is 572 g/mol. The number of amides is 1. The molecule has 4 aromatic rings. The van der Waals surface area contributed by atoms with Gasteiger partial charge < -0.3 is 9.64 Å². The SMILES string of the molecule is C=CC(=O)N1CC2(CC(n3nc(-c4ccc(C(=O)CCCOC)nc4)c(-c4c(Cl)c(C)cc5[nH]ncc45)c3C)C2)C1. The average Bonchev–Trinajstić information content (AvgIpc) is 3.52. The van der Waals surface area contributed by atoms with Gasteiger partial charge in [-0.2, -0.15) is 10.2 Å². The minimum absolute atomic E-state index is 0.00902. The number of rotatable bonds is 9. The van der Waals surface area contributed by atoms with E-state index in [-0.39, 0.29) is 23.1 Å². The number of ether oxygens (including phenoxy) is 1. The van der Waals surface area contributed by atoms with Gasteiger partial charge in [-0.3, -0.25) is 24.4 Å². The third-order valence-corrected chi connectivity index (χ3v) is 9.05. The maximum absolute atomic E-state index is 12.6. The zero-order valence-electron chi connectivity index (χ0n) is 23.5. The van der Waals surface area contributed by atoms with Crippen LogP contribution in [0.1, 0.15) is 53.5 Å². The quantitative estimate of drug-likeness (QED) is 0.156.